The third-order valence-electron chi connectivity index (χ3n) is 2.85. The Morgan fingerprint density at radius 1 is 1.29 bits per heavy atom. The standard InChI is InChI=1S/C13H25NSi.2Li.2H/c1-7-11-9-8-10-12(11)15(5,6)14-13(2,3)4;;;;/h8-9,14H,7,10H2,1-6H3;;;;/q;2*+1;2*-1. The first-order chi connectivity index (χ1) is 6.76. The Kier molecular flexibility index (Phi) is 8.83. The maximum absolute atomic E-state index is 3.84. The van der Waals surface area contributed by atoms with E-state index in [1.165, 1.54) is 12.8 Å². The molecule has 0 fully saturated rings. The van der Waals surface area contributed by atoms with Crippen LogP contribution in [0, 0.1) is 0 Å². The van der Waals surface area contributed by atoms with E-state index >= 15 is 0 Å². The summed E-state index contributed by atoms with van der Waals surface area (Å²) < 4.78 is 0. The molecular formula is C13H27Li2NSi. The first-order valence-corrected chi connectivity index (χ1v) is 8.94. The first-order valence-electron chi connectivity index (χ1n) is 5.94. The summed E-state index contributed by atoms with van der Waals surface area (Å²) in [6.07, 6.45) is 6.97. The molecule has 0 bridgehead atoms. The van der Waals surface area contributed by atoms with Crippen LogP contribution in [0.2, 0.25) is 13.1 Å². The smallest absolute Gasteiger partial charge is 1.00 e. The minimum Gasteiger partial charge on any atom is -1.00 e. The molecule has 0 unspecified atom stereocenters. The Bertz CT molecular complexity index is 310. The third kappa shape index (κ3) is 6.02. The molecule has 0 aliphatic heterocycles. The van der Waals surface area contributed by atoms with Gasteiger partial charge in [0.15, 0.2) is 0 Å². The summed E-state index contributed by atoms with van der Waals surface area (Å²) in [6, 6.07) is 0. The van der Waals surface area contributed by atoms with Crippen LogP contribution in [0.5, 0.6) is 0 Å². The van der Waals surface area contributed by atoms with E-state index in [9.17, 15) is 0 Å². The van der Waals surface area contributed by atoms with E-state index in [0.29, 0.717) is 0 Å². The van der Waals surface area contributed by atoms with Crippen molar-refractivity contribution in [1.29, 1.82) is 0 Å². The van der Waals surface area contributed by atoms with Gasteiger partial charge in [-0.05, 0) is 33.6 Å². The minimum absolute atomic E-state index is 0. The van der Waals surface area contributed by atoms with E-state index in [2.05, 4.69) is 57.9 Å². The van der Waals surface area contributed by atoms with Crippen LogP contribution in [0.25, 0.3) is 0 Å². The molecule has 0 heterocycles. The average molecular weight is 239 g/mol. The van der Waals surface area contributed by atoms with Gasteiger partial charge in [-0.15, -0.1) is 0 Å². The van der Waals surface area contributed by atoms with Crippen molar-refractivity contribution in [2.75, 3.05) is 0 Å². The maximum atomic E-state index is 3.84. The van der Waals surface area contributed by atoms with Crippen LogP contribution in [0.4, 0.5) is 0 Å². The van der Waals surface area contributed by atoms with Crippen molar-refractivity contribution < 1.29 is 40.6 Å². The second-order valence-electron chi connectivity index (χ2n) is 5.96. The van der Waals surface area contributed by atoms with Crippen molar-refractivity contribution in [2.24, 2.45) is 0 Å². The Morgan fingerprint density at radius 3 is 2.24 bits per heavy atom. The number of rotatable bonds is 3. The van der Waals surface area contributed by atoms with Crippen LogP contribution >= 0.6 is 0 Å². The molecule has 0 aromatic carbocycles. The number of allylic oxidation sites excluding steroid dienone is 4. The van der Waals surface area contributed by atoms with Crippen LogP contribution in [0.15, 0.2) is 22.9 Å². The van der Waals surface area contributed by atoms with Crippen LogP contribution in [0.1, 0.15) is 43.4 Å². The molecule has 0 saturated carbocycles. The summed E-state index contributed by atoms with van der Waals surface area (Å²) in [5.41, 5.74) is 1.80. The quantitative estimate of drug-likeness (QED) is 0.563. The van der Waals surface area contributed by atoms with Gasteiger partial charge in [0.1, 0.15) is 8.24 Å². The molecular weight excluding hydrogens is 212 g/mol. The fourth-order valence-electron chi connectivity index (χ4n) is 2.55. The number of hydrogen-bond acceptors (Lipinski definition) is 1. The van der Waals surface area contributed by atoms with E-state index in [1.54, 1.807) is 10.8 Å². The van der Waals surface area contributed by atoms with Crippen molar-refractivity contribution in [1.82, 2.24) is 4.98 Å². The van der Waals surface area contributed by atoms with Gasteiger partial charge >= 0.3 is 37.7 Å². The van der Waals surface area contributed by atoms with Gasteiger partial charge in [-0.2, -0.15) is 0 Å². The summed E-state index contributed by atoms with van der Waals surface area (Å²) in [5.74, 6) is 0. The predicted molar refractivity (Wildman–Crippen MR) is 73.7 cm³/mol. The van der Waals surface area contributed by atoms with Crippen LogP contribution in [0.3, 0.4) is 0 Å². The van der Waals surface area contributed by atoms with E-state index in [-0.39, 0.29) is 46.1 Å². The van der Waals surface area contributed by atoms with Gasteiger partial charge in [-0.1, -0.05) is 42.9 Å². The summed E-state index contributed by atoms with van der Waals surface area (Å²) in [6.45, 7) is 13.9. The van der Waals surface area contributed by atoms with Crippen molar-refractivity contribution in [3.8, 4) is 0 Å². The zero-order chi connectivity index (χ0) is 11.7. The second-order valence-corrected chi connectivity index (χ2v) is 10.1. The van der Waals surface area contributed by atoms with Gasteiger partial charge < -0.3 is 7.84 Å². The molecule has 1 aliphatic carbocycles. The van der Waals surface area contributed by atoms with E-state index in [1.807, 2.05) is 0 Å². The SMILES string of the molecule is CCC1=C([Si](C)(C)NC(C)(C)C)CC=C1.[H-].[H-].[Li+].[Li+]. The van der Waals surface area contributed by atoms with Crippen molar-refractivity contribution in [3.63, 3.8) is 0 Å². The first kappa shape index (κ1) is 20.2. The molecule has 0 amide bonds. The van der Waals surface area contributed by atoms with Crippen molar-refractivity contribution >= 4 is 8.24 Å². The molecule has 1 nitrogen and oxygen atoms in total. The molecule has 1 N–H and O–H groups in total. The van der Waals surface area contributed by atoms with Gasteiger partial charge in [0, 0.05) is 5.54 Å². The number of hydrogen-bond donors (Lipinski definition) is 1. The Morgan fingerprint density at radius 2 is 1.82 bits per heavy atom. The zero-order valence-electron chi connectivity index (χ0n) is 15.1. The molecule has 17 heavy (non-hydrogen) atoms. The van der Waals surface area contributed by atoms with E-state index < -0.39 is 8.24 Å². The fraction of sp³-hybridized carbons (Fsp3) is 0.692. The monoisotopic (exact) mass is 239 g/mol. The Balaban J connectivity index is -0.000000281. The van der Waals surface area contributed by atoms with Gasteiger partial charge in [0.25, 0.3) is 0 Å². The molecule has 0 saturated heterocycles. The van der Waals surface area contributed by atoms with E-state index in [4.69, 9.17) is 0 Å². The number of nitrogens with one attached hydrogen (secondary N) is 1. The predicted octanol–water partition coefficient (Wildman–Crippen LogP) is -1.98. The maximum Gasteiger partial charge on any atom is 1.00 e. The third-order valence-corrected chi connectivity index (χ3v) is 6.26. The van der Waals surface area contributed by atoms with Crippen molar-refractivity contribution in [3.05, 3.63) is 22.9 Å². The van der Waals surface area contributed by atoms with Gasteiger partial charge in [-0.3, -0.25) is 0 Å². The molecule has 0 spiro atoms. The molecule has 4 heteroatoms. The zero-order valence-corrected chi connectivity index (χ0v) is 14.1. The topological polar surface area (TPSA) is 12.0 Å². The van der Waals surface area contributed by atoms with E-state index in [0.717, 1.165) is 0 Å². The van der Waals surface area contributed by atoms with Crippen LogP contribution in [-0.4, -0.2) is 13.8 Å². The minimum atomic E-state index is -1.42. The summed E-state index contributed by atoms with van der Waals surface area (Å²) in [4.78, 5) is 3.84. The molecule has 90 valence electrons. The summed E-state index contributed by atoms with van der Waals surface area (Å²) >= 11 is 0. The summed E-state index contributed by atoms with van der Waals surface area (Å²) in [5, 5.41) is 1.69. The largest absolute Gasteiger partial charge is 1.00 e. The molecule has 0 aromatic heterocycles. The molecule has 0 radical (unpaired) electrons. The Labute approximate surface area is 135 Å². The fourth-order valence-corrected chi connectivity index (χ4v) is 6.27. The van der Waals surface area contributed by atoms with Crippen LogP contribution < -0.4 is 42.7 Å². The van der Waals surface area contributed by atoms with Gasteiger partial charge in [0.2, 0.25) is 0 Å². The Hall–Kier alpha value is 0.852. The van der Waals surface area contributed by atoms with Gasteiger partial charge in [0.05, 0.1) is 0 Å². The van der Waals surface area contributed by atoms with Crippen LogP contribution in [-0.2, 0) is 0 Å². The van der Waals surface area contributed by atoms with Crippen molar-refractivity contribution in [2.45, 2.75) is 59.2 Å². The average Bonchev–Trinajstić information content (AvgIpc) is 2.46. The molecule has 0 aromatic rings. The molecule has 0 atom stereocenters. The normalized spacial score (nSPS) is 15.6. The molecule has 1 aliphatic rings. The summed E-state index contributed by atoms with van der Waals surface area (Å²) in [7, 11) is -1.42. The molecule has 1 rings (SSSR count). The second kappa shape index (κ2) is 7.44. The van der Waals surface area contributed by atoms with Gasteiger partial charge in [-0.25, -0.2) is 0 Å².